The van der Waals surface area contributed by atoms with Gasteiger partial charge in [-0.2, -0.15) is 0 Å². The van der Waals surface area contributed by atoms with Crippen LogP contribution in [0.5, 0.6) is 17.2 Å². The van der Waals surface area contributed by atoms with Crippen molar-refractivity contribution in [1.29, 1.82) is 0 Å². The fourth-order valence-electron chi connectivity index (χ4n) is 2.28. The Morgan fingerprint density at radius 2 is 1.52 bits per heavy atom. The Morgan fingerprint density at radius 3 is 2.04 bits per heavy atom. The van der Waals surface area contributed by atoms with Crippen LogP contribution < -0.4 is 19.5 Å². The van der Waals surface area contributed by atoms with Crippen molar-refractivity contribution in [2.24, 2.45) is 0 Å². The Bertz CT molecular complexity index is 819. The fourth-order valence-corrected chi connectivity index (χ4v) is 2.28. The highest BCUT2D eigenvalue weighted by Gasteiger charge is 2.17. The number of benzene rings is 2. The molecular weight excluding hydrogens is 329 g/mol. The molecular formula is C18H18FNO5. The minimum absolute atomic E-state index is 0.0343. The molecule has 2 aromatic carbocycles. The molecule has 0 aliphatic heterocycles. The number of ether oxygens (including phenoxy) is 3. The van der Waals surface area contributed by atoms with Crippen LogP contribution in [0.2, 0.25) is 0 Å². The molecule has 0 fully saturated rings. The highest BCUT2D eigenvalue weighted by atomic mass is 19.1. The van der Waals surface area contributed by atoms with Crippen molar-refractivity contribution in [2.75, 3.05) is 26.6 Å². The van der Waals surface area contributed by atoms with Crippen LogP contribution in [0.25, 0.3) is 0 Å². The normalized spacial score (nSPS) is 10.1. The van der Waals surface area contributed by atoms with Gasteiger partial charge in [-0.3, -0.25) is 9.59 Å². The summed E-state index contributed by atoms with van der Waals surface area (Å²) in [6, 6.07) is 6.79. The van der Waals surface area contributed by atoms with Crippen LogP contribution in [0.1, 0.15) is 27.6 Å². The first-order chi connectivity index (χ1) is 11.9. The summed E-state index contributed by atoms with van der Waals surface area (Å²) in [4.78, 5) is 24.3. The molecule has 0 unspecified atom stereocenters. The average molecular weight is 347 g/mol. The lowest BCUT2D eigenvalue weighted by atomic mass is 10.1. The molecule has 1 amide bonds. The SMILES string of the molecule is COc1ccc(C(=O)Nc2cc(OC)c(OC)cc2C(C)=O)cc1F. The van der Waals surface area contributed by atoms with Crippen molar-refractivity contribution in [3.05, 3.63) is 47.3 Å². The van der Waals surface area contributed by atoms with E-state index in [2.05, 4.69) is 5.32 Å². The van der Waals surface area contributed by atoms with Gasteiger partial charge in [-0.25, -0.2) is 4.39 Å². The monoisotopic (exact) mass is 347 g/mol. The molecule has 0 aliphatic rings. The van der Waals surface area contributed by atoms with Crippen LogP contribution in [0.3, 0.4) is 0 Å². The first-order valence-electron chi connectivity index (χ1n) is 7.33. The van der Waals surface area contributed by atoms with Gasteiger partial charge in [0.05, 0.1) is 27.0 Å². The van der Waals surface area contributed by atoms with E-state index in [1.54, 1.807) is 0 Å². The number of hydrogen-bond acceptors (Lipinski definition) is 5. The number of amides is 1. The van der Waals surface area contributed by atoms with Crippen LogP contribution in [-0.4, -0.2) is 33.0 Å². The average Bonchev–Trinajstić information content (AvgIpc) is 2.60. The van der Waals surface area contributed by atoms with Crippen LogP contribution in [-0.2, 0) is 0 Å². The second-order valence-electron chi connectivity index (χ2n) is 5.11. The standard InChI is InChI=1S/C18H18FNO5/c1-10(21)12-8-16(24-3)17(25-4)9-14(12)20-18(22)11-5-6-15(23-2)13(19)7-11/h5-9H,1-4H3,(H,20,22). The van der Waals surface area contributed by atoms with E-state index in [1.807, 2.05) is 0 Å². The smallest absolute Gasteiger partial charge is 0.255 e. The molecule has 0 saturated heterocycles. The number of nitrogens with one attached hydrogen (secondary N) is 1. The second-order valence-corrected chi connectivity index (χ2v) is 5.11. The number of methoxy groups -OCH3 is 3. The zero-order chi connectivity index (χ0) is 18.6. The Morgan fingerprint density at radius 1 is 0.920 bits per heavy atom. The van der Waals surface area contributed by atoms with Gasteiger partial charge >= 0.3 is 0 Å². The van der Waals surface area contributed by atoms with Crippen molar-refractivity contribution < 1.29 is 28.2 Å². The van der Waals surface area contributed by atoms with E-state index in [0.717, 1.165) is 6.07 Å². The largest absolute Gasteiger partial charge is 0.494 e. The number of ketones is 1. The second kappa shape index (κ2) is 7.65. The van der Waals surface area contributed by atoms with E-state index in [1.165, 1.54) is 52.5 Å². The lowest BCUT2D eigenvalue weighted by molar-refractivity contribution is 0.101. The number of rotatable bonds is 6. The third-order valence-electron chi connectivity index (χ3n) is 3.57. The molecule has 6 nitrogen and oxygen atoms in total. The molecule has 25 heavy (non-hydrogen) atoms. The van der Waals surface area contributed by atoms with Crippen molar-refractivity contribution in [3.8, 4) is 17.2 Å². The Balaban J connectivity index is 2.39. The molecule has 0 atom stereocenters. The topological polar surface area (TPSA) is 73.9 Å². The van der Waals surface area contributed by atoms with Crippen LogP contribution in [0, 0.1) is 5.82 Å². The Hall–Kier alpha value is -3.09. The molecule has 2 rings (SSSR count). The van der Waals surface area contributed by atoms with Gasteiger partial charge in [0.1, 0.15) is 0 Å². The highest BCUT2D eigenvalue weighted by Crippen LogP contribution is 2.34. The number of anilines is 1. The summed E-state index contributed by atoms with van der Waals surface area (Å²) in [6.07, 6.45) is 0. The number of hydrogen-bond donors (Lipinski definition) is 1. The van der Waals surface area contributed by atoms with Gasteiger partial charge < -0.3 is 19.5 Å². The molecule has 0 spiro atoms. The number of Topliss-reactive ketones (excluding diaryl/α,β-unsaturated/α-hetero) is 1. The van der Waals surface area contributed by atoms with Crippen molar-refractivity contribution in [3.63, 3.8) is 0 Å². The van der Waals surface area contributed by atoms with E-state index in [-0.39, 0.29) is 28.3 Å². The van der Waals surface area contributed by atoms with Gasteiger partial charge in [-0.1, -0.05) is 0 Å². The van der Waals surface area contributed by atoms with Gasteiger partial charge in [-0.05, 0) is 31.2 Å². The lowest BCUT2D eigenvalue weighted by Crippen LogP contribution is -2.15. The van der Waals surface area contributed by atoms with Gasteiger partial charge in [0.15, 0.2) is 28.8 Å². The predicted octanol–water partition coefficient (Wildman–Crippen LogP) is 3.31. The summed E-state index contributed by atoms with van der Waals surface area (Å²) in [5.41, 5.74) is 0.578. The number of halogens is 1. The summed E-state index contributed by atoms with van der Waals surface area (Å²) in [7, 11) is 4.22. The first-order valence-corrected chi connectivity index (χ1v) is 7.33. The van der Waals surface area contributed by atoms with Gasteiger partial charge in [-0.15, -0.1) is 0 Å². The van der Waals surface area contributed by atoms with E-state index in [9.17, 15) is 14.0 Å². The minimum Gasteiger partial charge on any atom is -0.494 e. The van der Waals surface area contributed by atoms with Crippen LogP contribution in [0.15, 0.2) is 30.3 Å². The van der Waals surface area contributed by atoms with E-state index >= 15 is 0 Å². The Kier molecular flexibility index (Phi) is 5.59. The van der Waals surface area contributed by atoms with E-state index in [4.69, 9.17) is 14.2 Å². The van der Waals surface area contributed by atoms with Gasteiger partial charge in [0.25, 0.3) is 5.91 Å². The molecule has 0 bridgehead atoms. The number of carbonyl (C=O) groups excluding carboxylic acids is 2. The summed E-state index contributed by atoms with van der Waals surface area (Å²) in [5.74, 6) is -0.750. The zero-order valence-corrected chi connectivity index (χ0v) is 14.3. The maximum absolute atomic E-state index is 13.8. The summed E-state index contributed by atoms with van der Waals surface area (Å²) in [6.45, 7) is 1.37. The molecule has 0 saturated carbocycles. The quantitative estimate of drug-likeness (QED) is 0.812. The van der Waals surface area contributed by atoms with E-state index < -0.39 is 11.7 Å². The molecule has 0 aromatic heterocycles. The Labute approximate surface area is 144 Å². The highest BCUT2D eigenvalue weighted by molar-refractivity contribution is 6.09. The van der Waals surface area contributed by atoms with Crippen molar-refractivity contribution >= 4 is 17.4 Å². The van der Waals surface area contributed by atoms with Crippen molar-refractivity contribution in [2.45, 2.75) is 6.92 Å². The summed E-state index contributed by atoms with van der Waals surface area (Å²) < 4.78 is 28.9. The molecule has 1 N–H and O–H groups in total. The van der Waals surface area contributed by atoms with Crippen LogP contribution >= 0.6 is 0 Å². The van der Waals surface area contributed by atoms with Crippen molar-refractivity contribution in [1.82, 2.24) is 0 Å². The molecule has 0 heterocycles. The zero-order valence-electron chi connectivity index (χ0n) is 14.3. The number of carbonyl (C=O) groups is 2. The summed E-state index contributed by atoms with van der Waals surface area (Å²) >= 11 is 0. The van der Waals surface area contributed by atoms with Gasteiger partial charge in [0.2, 0.25) is 0 Å². The molecule has 132 valence electrons. The minimum atomic E-state index is -0.658. The third kappa shape index (κ3) is 3.88. The van der Waals surface area contributed by atoms with Crippen LogP contribution in [0.4, 0.5) is 10.1 Å². The lowest BCUT2D eigenvalue weighted by Gasteiger charge is -2.14. The third-order valence-corrected chi connectivity index (χ3v) is 3.57. The maximum atomic E-state index is 13.8. The molecule has 2 aromatic rings. The summed E-state index contributed by atoms with van der Waals surface area (Å²) in [5, 5.41) is 2.60. The first kappa shape index (κ1) is 18.3. The van der Waals surface area contributed by atoms with Gasteiger partial charge in [0, 0.05) is 17.2 Å². The fraction of sp³-hybridized carbons (Fsp3) is 0.222. The molecule has 0 radical (unpaired) electrons. The predicted molar refractivity (Wildman–Crippen MR) is 90.5 cm³/mol. The van der Waals surface area contributed by atoms with E-state index in [0.29, 0.717) is 11.5 Å². The molecule has 0 aliphatic carbocycles. The molecule has 7 heteroatoms. The maximum Gasteiger partial charge on any atom is 0.255 e.